The van der Waals surface area contributed by atoms with Crippen molar-refractivity contribution >= 4 is 23.4 Å². The maximum absolute atomic E-state index is 11.0. The molecule has 1 heterocycles. The van der Waals surface area contributed by atoms with Crippen LogP contribution in [0.4, 0.5) is 5.82 Å². The van der Waals surface area contributed by atoms with Crippen LogP contribution in [-0.2, 0) is 0 Å². The number of aromatic nitrogens is 1. The number of carbonyl (C=O) groups is 1. The summed E-state index contributed by atoms with van der Waals surface area (Å²) in [6, 6.07) is 2.97. The van der Waals surface area contributed by atoms with Crippen LogP contribution in [0.2, 0.25) is 5.15 Å². The maximum Gasteiger partial charge on any atom is 0.339 e. The van der Waals surface area contributed by atoms with Gasteiger partial charge in [-0.05, 0) is 18.6 Å². The van der Waals surface area contributed by atoms with E-state index in [9.17, 15) is 4.79 Å². The zero-order chi connectivity index (χ0) is 12.1. The Morgan fingerprint density at radius 1 is 1.56 bits per heavy atom. The van der Waals surface area contributed by atoms with E-state index in [2.05, 4.69) is 11.9 Å². The van der Waals surface area contributed by atoms with E-state index in [1.54, 1.807) is 0 Å². The fourth-order valence-electron chi connectivity index (χ4n) is 1.38. The van der Waals surface area contributed by atoms with E-state index < -0.39 is 5.97 Å². The van der Waals surface area contributed by atoms with E-state index in [1.165, 1.54) is 12.1 Å². The van der Waals surface area contributed by atoms with Crippen LogP contribution in [0.25, 0.3) is 0 Å². The van der Waals surface area contributed by atoms with Gasteiger partial charge in [0.2, 0.25) is 0 Å². The molecule has 0 saturated carbocycles. The molecule has 0 saturated heterocycles. The van der Waals surface area contributed by atoms with Crippen molar-refractivity contribution in [1.29, 1.82) is 0 Å². The van der Waals surface area contributed by atoms with Crippen LogP contribution in [0.1, 0.15) is 30.1 Å². The van der Waals surface area contributed by atoms with Gasteiger partial charge in [0, 0.05) is 13.6 Å². The molecule has 0 radical (unpaired) electrons. The molecule has 0 aliphatic carbocycles. The second kappa shape index (κ2) is 5.70. The third kappa shape index (κ3) is 3.10. The monoisotopic (exact) mass is 242 g/mol. The molecule has 0 fully saturated rings. The number of aromatic carboxylic acids is 1. The fourth-order valence-corrected chi connectivity index (χ4v) is 1.53. The Balaban J connectivity index is 2.99. The molecule has 88 valence electrons. The second-order valence-corrected chi connectivity index (χ2v) is 3.97. The Morgan fingerprint density at radius 3 is 2.81 bits per heavy atom. The van der Waals surface area contributed by atoms with Crippen LogP contribution in [0.15, 0.2) is 12.1 Å². The Bertz CT molecular complexity index is 382. The lowest BCUT2D eigenvalue weighted by molar-refractivity contribution is 0.0697. The number of hydrogen-bond acceptors (Lipinski definition) is 3. The van der Waals surface area contributed by atoms with Crippen LogP contribution in [-0.4, -0.2) is 29.7 Å². The molecular formula is C11H15ClN2O2. The predicted octanol–water partition coefficient (Wildman–Crippen LogP) is 2.67. The SMILES string of the molecule is CCCCN(C)c1nc(Cl)ccc1C(=O)O. The number of carboxylic acids is 1. The number of pyridine rings is 1. The molecule has 1 aromatic rings. The molecular weight excluding hydrogens is 228 g/mol. The van der Waals surface area contributed by atoms with E-state index in [0.29, 0.717) is 11.0 Å². The lowest BCUT2D eigenvalue weighted by atomic mass is 10.2. The lowest BCUT2D eigenvalue weighted by Gasteiger charge is -2.19. The van der Waals surface area contributed by atoms with Crippen molar-refractivity contribution in [2.45, 2.75) is 19.8 Å². The summed E-state index contributed by atoms with van der Waals surface area (Å²) in [5, 5.41) is 9.33. The second-order valence-electron chi connectivity index (χ2n) is 3.59. The van der Waals surface area contributed by atoms with Gasteiger partial charge in [0.25, 0.3) is 0 Å². The van der Waals surface area contributed by atoms with Crippen molar-refractivity contribution in [3.63, 3.8) is 0 Å². The minimum Gasteiger partial charge on any atom is -0.478 e. The van der Waals surface area contributed by atoms with E-state index >= 15 is 0 Å². The summed E-state index contributed by atoms with van der Waals surface area (Å²) in [5.41, 5.74) is 0.183. The molecule has 16 heavy (non-hydrogen) atoms. The Labute approximate surface area is 99.9 Å². The Hall–Kier alpha value is -1.29. The van der Waals surface area contributed by atoms with Gasteiger partial charge < -0.3 is 10.0 Å². The minimum absolute atomic E-state index is 0.183. The van der Waals surface area contributed by atoms with Gasteiger partial charge in [-0.1, -0.05) is 24.9 Å². The number of halogens is 1. The highest BCUT2D eigenvalue weighted by molar-refractivity contribution is 6.29. The number of carboxylic acid groups (broad SMARTS) is 1. The maximum atomic E-state index is 11.0. The van der Waals surface area contributed by atoms with Crippen molar-refractivity contribution in [1.82, 2.24) is 4.98 Å². The van der Waals surface area contributed by atoms with E-state index in [0.717, 1.165) is 19.4 Å². The van der Waals surface area contributed by atoms with Crippen molar-refractivity contribution in [3.05, 3.63) is 22.8 Å². The van der Waals surface area contributed by atoms with Crippen molar-refractivity contribution in [2.75, 3.05) is 18.5 Å². The van der Waals surface area contributed by atoms with Gasteiger partial charge in [-0.15, -0.1) is 0 Å². The molecule has 0 aliphatic heterocycles. The van der Waals surface area contributed by atoms with Gasteiger partial charge in [0.05, 0.1) is 0 Å². The van der Waals surface area contributed by atoms with Gasteiger partial charge in [-0.3, -0.25) is 0 Å². The smallest absolute Gasteiger partial charge is 0.339 e. The molecule has 1 rings (SSSR count). The molecule has 5 heteroatoms. The standard InChI is InChI=1S/C11H15ClN2O2/c1-3-4-7-14(2)10-8(11(15)16)5-6-9(12)13-10/h5-6H,3-4,7H2,1-2H3,(H,15,16). The van der Waals surface area contributed by atoms with Crippen molar-refractivity contribution in [2.24, 2.45) is 0 Å². The highest BCUT2D eigenvalue weighted by Crippen LogP contribution is 2.20. The third-order valence-electron chi connectivity index (χ3n) is 2.28. The minimum atomic E-state index is -0.984. The van der Waals surface area contributed by atoms with Crippen LogP contribution < -0.4 is 4.90 Å². The normalized spacial score (nSPS) is 10.2. The molecule has 0 aliphatic rings. The van der Waals surface area contributed by atoms with Gasteiger partial charge >= 0.3 is 5.97 Å². The molecule has 4 nitrogen and oxygen atoms in total. The Kier molecular flexibility index (Phi) is 4.55. The fraction of sp³-hybridized carbons (Fsp3) is 0.455. The molecule has 0 bridgehead atoms. The first-order chi connectivity index (χ1) is 7.56. The van der Waals surface area contributed by atoms with E-state index in [-0.39, 0.29) is 5.56 Å². The lowest BCUT2D eigenvalue weighted by Crippen LogP contribution is -2.22. The van der Waals surface area contributed by atoms with E-state index in [4.69, 9.17) is 16.7 Å². The summed E-state index contributed by atoms with van der Waals surface area (Å²) in [7, 11) is 1.82. The van der Waals surface area contributed by atoms with Crippen LogP contribution in [0, 0.1) is 0 Å². The summed E-state index contributed by atoms with van der Waals surface area (Å²) in [6.45, 7) is 2.85. The molecule has 0 atom stereocenters. The highest BCUT2D eigenvalue weighted by atomic mass is 35.5. The number of rotatable bonds is 5. The Morgan fingerprint density at radius 2 is 2.25 bits per heavy atom. The van der Waals surface area contributed by atoms with Gasteiger partial charge in [0.1, 0.15) is 16.5 Å². The third-order valence-corrected chi connectivity index (χ3v) is 2.49. The molecule has 0 unspecified atom stereocenters. The van der Waals surface area contributed by atoms with Crippen LogP contribution in [0.5, 0.6) is 0 Å². The number of nitrogens with zero attached hydrogens (tertiary/aromatic N) is 2. The summed E-state index contributed by atoms with van der Waals surface area (Å²) in [6.07, 6.45) is 2.04. The number of anilines is 1. The predicted molar refractivity (Wildman–Crippen MR) is 64.4 cm³/mol. The van der Waals surface area contributed by atoms with E-state index in [1.807, 2.05) is 11.9 Å². The van der Waals surface area contributed by atoms with Crippen LogP contribution >= 0.6 is 11.6 Å². The first kappa shape index (κ1) is 12.8. The van der Waals surface area contributed by atoms with Gasteiger partial charge in [0.15, 0.2) is 0 Å². The largest absolute Gasteiger partial charge is 0.478 e. The van der Waals surface area contributed by atoms with Crippen LogP contribution in [0.3, 0.4) is 0 Å². The molecule has 0 spiro atoms. The average Bonchev–Trinajstić information content (AvgIpc) is 2.25. The zero-order valence-corrected chi connectivity index (χ0v) is 10.2. The van der Waals surface area contributed by atoms with Gasteiger partial charge in [-0.25, -0.2) is 9.78 Å². The van der Waals surface area contributed by atoms with Gasteiger partial charge in [-0.2, -0.15) is 0 Å². The summed E-state index contributed by atoms with van der Waals surface area (Å²) >= 11 is 5.77. The summed E-state index contributed by atoms with van der Waals surface area (Å²) in [4.78, 5) is 16.9. The first-order valence-electron chi connectivity index (χ1n) is 5.17. The van der Waals surface area contributed by atoms with Crippen molar-refractivity contribution < 1.29 is 9.90 Å². The molecule has 1 N–H and O–H groups in total. The summed E-state index contributed by atoms with van der Waals surface area (Å²) < 4.78 is 0. The number of hydrogen-bond donors (Lipinski definition) is 1. The quantitative estimate of drug-likeness (QED) is 0.807. The zero-order valence-electron chi connectivity index (χ0n) is 9.40. The first-order valence-corrected chi connectivity index (χ1v) is 5.55. The highest BCUT2D eigenvalue weighted by Gasteiger charge is 2.15. The molecule has 0 aromatic carbocycles. The average molecular weight is 243 g/mol. The van der Waals surface area contributed by atoms with Crippen molar-refractivity contribution in [3.8, 4) is 0 Å². The topological polar surface area (TPSA) is 53.4 Å². The summed E-state index contributed by atoms with van der Waals surface area (Å²) in [5.74, 6) is -0.559. The number of unbranched alkanes of at least 4 members (excludes halogenated alkanes) is 1. The molecule has 0 amide bonds. The molecule has 1 aromatic heterocycles.